The Morgan fingerprint density at radius 2 is 1.90 bits per heavy atom. The topological polar surface area (TPSA) is 87.1 Å². The number of nitrogens with zero attached hydrogens (tertiary/aromatic N) is 2. The number of fused-ring (bicyclic) bond motifs is 1. The van der Waals surface area contributed by atoms with E-state index in [9.17, 15) is 19.5 Å². The average Bonchev–Trinajstić information content (AvgIpc) is 3.65. The molecular formula is C33H37ClN2O5S. The molecule has 3 fully saturated rings. The molecule has 2 aromatic rings. The van der Waals surface area contributed by atoms with Gasteiger partial charge in [0.05, 0.1) is 46.5 Å². The Morgan fingerprint density at radius 3 is 2.60 bits per heavy atom. The molecule has 6 atom stereocenters. The maximum absolute atomic E-state index is 14.8. The fourth-order valence-corrected chi connectivity index (χ4v) is 9.34. The van der Waals surface area contributed by atoms with Crippen LogP contribution in [0.15, 0.2) is 79.9 Å². The molecular weight excluding hydrogens is 572 g/mol. The second-order valence-electron chi connectivity index (χ2n) is 11.1. The van der Waals surface area contributed by atoms with Gasteiger partial charge in [-0.15, -0.1) is 24.9 Å². The molecule has 2 bridgehead atoms. The summed E-state index contributed by atoms with van der Waals surface area (Å²) in [5.41, 5.74) is 1.46. The van der Waals surface area contributed by atoms with Crippen LogP contribution in [-0.2, 0) is 25.5 Å². The van der Waals surface area contributed by atoms with Crippen LogP contribution in [0.3, 0.4) is 0 Å². The van der Waals surface area contributed by atoms with Crippen LogP contribution in [0, 0.1) is 11.8 Å². The van der Waals surface area contributed by atoms with E-state index in [2.05, 4.69) is 13.2 Å². The van der Waals surface area contributed by atoms with Crippen molar-refractivity contribution in [3.05, 3.63) is 90.5 Å². The van der Waals surface area contributed by atoms with Gasteiger partial charge in [-0.05, 0) is 49.8 Å². The predicted octanol–water partition coefficient (Wildman–Crippen LogP) is 5.06. The Hall–Kier alpha value is -3.07. The van der Waals surface area contributed by atoms with E-state index in [0.29, 0.717) is 36.4 Å². The summed E-state index contributed by atoms with van der Waals surface area (Å²) in [7, 11) is 0. The highest BCUT2D eigenvalue weighted by atomic mass is 35.5. The molecule has 0 saturated carbocycles. The van der Waals surface area contributed by atoms with Crippen LogP contribution in [-0.4, -0.2) is 69.6 Å². The van der Waals surface area contributed by atoms with E-state index >= 15 is 0 Å². The van der Waals surface area contributed by atoms with Crippen molar-refractivity contribution in [2.24, 2.45) is 11.8 Å². The first kappa shape index (κ1) is 30.4. The van der Waals surface area contributed by atoms with Crippen molar-refractivity contribution in [1.29, 1.82) is 0 Å². The van der Waals surface area contributed by atoms with Gasteiger partial charge < -0.3 is 19.6 Å². The van der Waals surface area contributed by atoms with Crippen molar-refractivity contribution in [3.63, 3.8) is 0 Å². The summed E-state index contributed by atoms with van der Waals surface area (Å²) < 4.78 is 4.85. The summed E-state index contributed by atoms with van der Waals surface area (Å²) in [5.74, 6) is -2.32. The normalized spacial score (nSPS) is 26.5. The average molecular weight is 609 g/mol. The number of halogens is 1. The molecule has 2 unspecified atom stereocenters. The molecule has 0 aliphatic carbocycles. The number of esters is 1. The third kappa shape index (κ3) is 5.40. The van der Waals surface area contributed by atoms with E-state index in [1.165, 1.54) is 0 Å². The van der Waals surface area contributed by atoms with Crippen molar-refractivity contribution in [2.45, 2.75) is 54.2 Å². The van der Waals surface area contributed by atoms with E-state index in [1.807, 2.05) is 36.4 Å². The molecule has 9 heteroatoms. The van der Waals surface area contributed by atoms with Crippen molar-refractivity contribution < 1.29 is 24.2 Å². The number of hydrogen-bond acceptors (Lipinski definition) is 6. The minimum Gasteiger partial charge on any atom is -0.465 e. The van der Waals surface area contributed by atoms with E-state index in [4.69, 9.17) is 16.3 Å². The number of anilines is 1. The summed E-state index contributed by atoms with van der Waals surface area (Å²) >= 11 is 8.15. The zero-order chi connectivity index (χ0) is 29.9. The van der Waals surface area contributed by atoms with Gasteiger partial charge in [-0.3, -0.25) is 14.4 Å². The zero-order valence-corrected chi connectivity index (χ0v) is 25.1. The molecule has 5 rings (SSSR count). The summed E-state index contributed by atoms with van der Waals surface area (Å²) in [5, 5.41) is 11.0. The van der Waals surface area contributed by atoms with E-state index in [-0.39, 0.29) is 42.8 Å². The second kappa shape index (κ2) is 13.1. The molecule has 3 aliphatic rings. The minimum atomic E-state index is -0.902. The number of unbranched alkanes of at least 4 members (excludes halogenated alkanes) is 1. The third-order valence-corrected chi connectivity index (χ3v) is 11.0. The number of amides is 2. The predicted molar refractivity (Wildman–Crippen MR) is 166 cm³/mol. The first-order chi connectivity index (χ1) is 20.4. The van der Waals surface area contributed by atoms with Crippen molar-refractivity contribution in [2.75, 3.05) is 24.7 Å². The van der Waals surface area contributed by atoms with Crippen molar-refractivity contribution in [1.82, 2.24) is 4.90 Å². The van der Waals surface area contributed by atoms with Gasteiger partial charge in [0.15, 0.2) is 0 Å². The van der Waals surface area contributed by atoms with Gasteiger partial charge in [0.1, 0.15) is 6.04 Å². The number of hydrogen-bond donors (Lipinski definition) is 1. The highest BCUT2D eigenvalue weighted by Gasteiger charge is 2.74. The van der Waals surface area contributed by atoms with Gasteiger partial charge in [-0.1, -0.05) is 66.2 Å². The quantitative estimate of drug-likeness (QED) is 0.194. The van der Waals surface area contributed by atoms with Gasteiger partial charge in [0.2, 0.25) is 5.91 Å². The lowest BCUT2D eigenvalue weighted by Gasteiger charge is -2.39. The third-order valence-electron chi connectivity index (χ3n) is 8.68. The summed E-state index contributed by atoms with van der Waals surface area (Å²) in [6.07, 6.45) is 6.48. The molecule has 3 aliphatic heterocycles. The Labute approximate surface area is 256 Å². The van der Waals surface area contributed by atoms with Crippen LogP contribution in [0.1, 0.15) is 31.2 Å². The maximum Gasteiger partial charge on any atom is 0.310 e. The lowest BCUT2D eigenvalue weighted by Crippen LogP contribution is -2.58. The number of allylic oxidation sites excluding steroid dienone is 1. The number of carbonyl (C=O) groups is 3. The Balaban J connectivity index is 1.56. The Kier molecular flexibility index (Phi) is 9.45. The van der Waals surface area contributed by atoms with Crippen molar-refractivity contribution >= 4 is 46.8 Å². The molecule has 222 valence electrons. The van der Waals surface area contributed by atoms with Crippen molar-refractivity contribution in [3.8, 4) is 0 Å². The van der Waals surface area contributed by atoms with Crippen LogP contribution in [0.4, 0.5) is 5.69 Å². The molecule has 1 spiro atoms. The zero-order valence-electron chi connectivity index (χ0n) is 23.6. The molecule has 7 nitrogen and oxygen atoms in total. The van der Waals surface area contributed by atoms with Gasteiger partial charge >= 0.3 is 5.97 Å². The SMILES string of the molecule is C=CCCCOC(=O)[C@@H]1[C@H]2C(=O)N([C@@H](CO)Cc3ccccc3)C(C(=O)N(CC=C)c3ccccc3Cl)C23CC[C@H]1S3. The van der Waals surface area contributed by atoms with Gasteiger partial charge in [0.25, 0.3) is 5.91 Å². The van der Waals surface area contributed by atoms with Gasteiger partial charge in [0, 0.05) is 11.8 Å². The molecule has 42 heavy (non-hydrogen) atoms. The summed E-state index contributed by atoms with van der Waals surface area (Å²) in [4.78, 5) is 45.9. The number of ether oxygens (including phenoxy) is 1. The number of benzene rings is 2. The van der Waals surface area contributed by atoms with Crippen LogP contribution in [0.5, 0.6) is 0 Å². The monoisotopic (exact) mass is 608 g/mol. The number of aliphatic hydroxyl groups excluding tert-OH is 1. The van der Waals surface area contributed by atoms with Crippen LogP contribution >= 0.6 is 23.4 Å². The van der Waals surface area contributed by atoms with Crippen LogP contribution < -0.4 is 4.90 Å². The number of aliphatic hydroxyl groups is 1. The fraction of sp³-hybridized carbons (Fsp3) is 0.424. The molecule has 0 aromatic heterocycles. The summed E-state index contributed by atoms with van der Waals surface area (Å²) in [6, 6.07) is 15.1. The number of thioether (sulfide) groups is 1. The van der Waals surface area contributed by atoms with E-state index in [0.717, 1.165) is 12.0 Å². The minimum absolute atomic E-state index is 0.113. The second-order valence-corrected chi connectivity index (χ2v) is 13.1. The Morgan fingerprint density at radius 1 is 1.17 bits per heavy atom. The van der Waals surface area contributed by atoms with Gasteiger partial charge in [-0.2, -0.15) is 0 Å². The van der Waals surface area contributed by atoms with E-state index < -0.39 is 28.7 Å². The smallest absolute Gasteiger partial charge is 0.310 e. The lowest BCUT2D eigenvalue weighted by atomic mass is 9.71. The first-order valence-electron chi connectivity index (χ1n) is 14.5. The largest absolute Gasteiger partial charge is 0.465 e. The van der Waals surface area contributed by atoms with Crippen LogP contribution in [0.25, 0.3) is 0 Å². The molecule has 1 N–H and O–H groups in total. The number of likely N-dealkylation sites (tertiary alicyclic amines) is 1. The number of rotatable bonds is 13. The summed E-state index contributed by atoms with van der Waals surface area (Å²) in [6.45, 7) is 7.70. The fourth-order valence-electron chi connectivity index (χ4n) is 6.92. The maximum atomic E-state index is 14.8. The molecule has 2 aromatic carbocycles. The number of para-hydroxylation sites is 1. The standard InChI is InChI=1S/C33H37ClN2O5S/c1-3-5-11-19-41-32(40)27-26-16-17-33(42-26)28(27)30(38)36(23(21-37)20-22-12-7-6-8-13-22)29(33)31(39)35(18-4-2)25-15-10-9-14-24(25)34/h3-4,6-10,12-15,23,26-29,37H,1-2,5,11,16-21H2/t23-,26-,27+,28+,29?,33?/m1/s1. The molecule has 3 saturated heterocycles. The van der Waals surface area contributed by atoms with Crippen LogP contribution in [0.2, 0.25) is 5.02 Å². The lowest BCUT2D eigenvalue weighted by molar-refractivity contribution is -0.154. The van der Waals surface area contributed by atoms with Gasteiger partial charge in [-0.25, -0.2) is 0 Å². The molecule has 3 heterocycles. The Bertz CT molecular complexity index is 1340. The molecule has 0 radical (unpaired) electrons. The highest BCUT2D eigenvalue weighted by molar-refractivity contribution is 8.02. The number of carbonyl (C=O) groups excluding carboxylic acids is 3. The highest BCUT2D eigenvalue weighted by Crippen LogP contribution is 2.67. The first-order valence-corrected chi connectivity index (χ1v) is 15.7. The molecule has 2 amide bonds. The van der Waals surface area contributed by atoms with E-state index in [1.54, 1.807) is 51.9 Å².